The number of carbonyl (C=O) groups excluding carboxylic acids is 1. The molecule has 2 bridgehead atoms. The Kier molecular flexibility index (Phi) is 3.74. The molecule has 0 radical (unpaired) electrons. The SMILES string of the molecule is CC(C(=O)N1C2CCNCC1CC2)c1cccc(F)c1. The van der Waals surface area contributed by atoms with Crippen LogP contribution in [0.5, 0.6) is 0 Å². The highest BCUT2D eigenvalue weighted by molar-refractivity contribution is 5.84. The molecule has 1 N–H and O–H groups in total. The lowest BCUT2D eigenvalue weighted by molar-refractivity contribution is -0.135. The Bertz CT molecular complexity index is 491. The Morgan fingerprint density at radius 2 is 2.15 bits per heavy atom. The molecule has 0 aromatic heterocycles. The lowest BCUT2D eigenvalue weighted by Gasteiger charge is -2.30. The molecule has 4 heteroatoms. The van der Waals surface area contributed by atoms with Crippen molar-refractivity contribution in [2.75, 3.05) is 13.1 Å². The first kappa shape index (κ1) is 13.6. The van der Waals surface area contributed by atoms with Crippen molar-refractivity contribution in [3.8, 4) is 0 Å². The fourth-order valence-corrected chi connectivity index (χ4v) is 3.48. The van der Waals surface area contributed by atoms with E-state index in [1.807, 2.05) is 13.0 Å². The Labute approximate surface area is 119 Å². The van der Waals surface area contributed by atoms with Crippen LogP contribution < -0.4 is 5.32 Å². The van der Waals surface area contributed by atoms with Gasteiger partial charge in [-0.15, -0.1) is 0 Å². The number of nitrogens with one attached hydrogen (secondary N) is 1. The summed E-state index contributed by atoms with van der Waals surface area (Å²) in [6.45, 7) is 3.76. The number of hydrogen-bond acceptors (Lipinski definition) is 2. The van der Waals surface area contributed by atoms with Crippen LogP contribution in [-0.4, -0.2) is 36.0 Å². The van der Waals surface area contributed by atoms with Crippen molar-refractivity contribution in [1.82, 2.24) is 10.2 Å². The molecule has 108 valence electrons. The standard InChI is InChI=1S/C16H21FN2O/c1-11(12-3-2-4-13(17)9-12)16(20)19-14-5-6-15(19)10-18-8-7-14/h2-4,9,11,14-15,18H,5-8,10H2,1H3. The quantitative estimate of drug-likeness (QED) is 0.899. The van der Waals surface area contributed by atoms with E-state index in [1.165, 1.54) is 12.1 Å². The van der Waals surface area contributed by atoms with Crippen LogP contribution in [-0.2, 0) is 4.79 Å². The van der Waals surface area contributed by atoms with E-state index in [0.29, 0.717) is 12.1 Å². The molecule has 3 nitrogen and oxygen atoms in total. The number of hydrogen-bond donors (Lipinski definition) is 1. The van der Waals surface area contributed by atoms with Crippen molar-refractivity contribution in [2.45, 2.75) is 44.2 Å². The van der Waals surface area contributed by atoms with Crippen LogP contribution in [0.4, 0.5) is 4.39 Å². The fourth-order valence-electron chi connectivity index (χ4n) is 3.48. The second-order valence-electron chi connectivity index (χ2n) is 5.90. The summed E-state index contributed by atoms with van der Waals surface area (Å²) < 4.78 is 13.3. The minimum atomic E-state index is -0.275. The number of amides is 1. The zero-order chi connectivity index (χ0) is 14.1. The van der Waals surface area contributed by atoms with E-state index in [4.69, 9.17) is 0 Å². The molecular formula is C16H21FN2O. The van der Waals surface area contributed by atoms with Gasteiger partial charge in [0.05, 0.1) is 5.92 Å². The summed E-state index contributed by atoms with van der Waals surface area (Å²) >= 11 is 0. The van der Waals surface area contributed by atoms with E-state index in [-0.39, 0.29) is 17.6 Å². The summed E-state index contributed by atoms with van der Waals surface area (Å²) in [6.07, 6.45) is 3.21. The molecule has 1 amide bonds. The second-order valence-corrected chi connectivity index (χ2v) is 5.90. The first-order valence-electron chi connectivity index (χ1n) is 7.45. The van der Waals surface area contributed by atoms with E-state index in [2.05, 4.69) is 10.2 Å². The third-order valence-electron chi connectivity index (χ3n) is 4.63. The Hall–Kier alpha value is -1.42. The minimum absolute atomic E-state index is 0.145. The molecular weight excluding hydrogens is 255 g/mol. The number of fused-ring (bicyclic) bond motifs is 2. The van der Waals surface area contributed by atoms with Gasteiger partial charge in [0.15, 0.2) is 0 Å². The highest BCUT2D eigenvalue weighted by Crippen LogP contribution is 2.31. The van der Waals surface area contributed by atoms with E-state index in [1.54, 1.807) is 6.07 Å². The molecule has 3 rings (SSSR count). The monoisotopic (exact) mass is 276 g/mol. The van der Waals surface area contributed by atoms with Crippen LogP contribution in [0, 0.1) is 5.82 Å². The van der Waals surface area contributed by atoms with Crippen molar-refractivity contribution in [1.29, 1.82) is 0 Å². The van der Waals surface area contributed by atoms with Gasteiger partial charge in [-0.2, -0.15) is 0 Å². The fraction of sp³-hybridized carbons (Fsp3) is 0.562. The van der Waals surface area contributed by atoms with Gasteiger partial charge in [0.2, 0.25) is 5.91 Å². The topological polar surface area (TPSA) is 32.3 Å². The van der Waals surface area contributed by atoms with Crippen LogP contribution >= 0.6 is 0 Å². The van der Waals surface area contributed by atoms with Crippen LogP contribution in [0.3, 0.4) is 0 Å². The summed E-state index contributed by atoms with van der Waals surface area (Å²) in [4.78, 5) is 14.9. The molecule has 2 aliphatic heterocycles. The van der Waals surface area contributed by atoms with Gasteiger partial charge in [-0.25, -0.2) is 4.39 Å². The van der Waals surface area contributed by atoms with Crippen molar-refractivity contribution in [3.63, 3.8) is 0 Å². The number of benzene rings is 1. The average molecular weight is 276 g/mol. The van der Waals surface area contributed by atoms with Gasteiger partial charge in [0.25, 0.3) is 0 Å². The molecule has 1 aromatic carbocycles. The number of nitrogens with zero attached hydrogens (tertiary/aromatic N) is 1. The molecule has 0 aliphatic carbocycles. The first-order chi connectivity index (χ1) is 9.66. The van der Waals surface area contributed by atoms with Crippen molar-refractivity contribution in [3.05, 3.63) is 35.6 Å². The first-order valence-corrected chi connectivity index (χ1v) is 7.45. The molecule has 0 saturated carbocycles. The minimum Gasteiger partial charge on any atom is -0.335 e. The van der Waals surface area contributed by atoms with Gasteiger partial charge >= 0.3 is 0 Å². The predicted octanol–water partition coefficient (Wildman–Crippen LogP) is 2.28. The van der Waals surface area contributed by atoms with Crippen LogP contribution in [0.1, 0.15) is 37.7 Å². The molecule has 3 unspecified atom stereocenters. The van der Waals surface area contributed by atoms with Gasteiger partial charge < -0.3 is 10.2 Å². The van der Waals surface area contributed by atoms with E-state index in [9.17, 15) is 9.18 Å². The smallest absolute Gasteiger partial charge is 0.230 e. The Morgan fingerprint density at radius 1 is 1.35 bits per heavy atom. The largest absolute Gasteiger partial charge is 0.335 e. The van der Waals surface area contributed by atoms with Gasteiger partial charge in [-0.1, -0.05) is 12.1 Å². The molecule has 2 fully saturated rings. The van der Waals surface area contributed by atoms with E-state index >= 15 is 0 Å². The molecule has 2 saturated heterocycles. The van der Waals surface area contributed by atoms with Crippen molar-refractivity contribution >= 4 is 5.91 Å². The average Bonchev–Trinajstić information content (AvgIpc) is 2.70. The Balaban J connectivity index is 1.81. The highest BCUT2D eigenvalue weighted by atomic mass is 19.1. The van der Waals surface area contributed by atoms with Gasteiger partial charge in [-0.3, -0.25) is 4.79 Å². The zero-order valence-corrected chi connectivity index (χ0v) is 11.8. The normalized spacial score (nSPS) is 27.2. The van der Waals surface area contributed by atoms with Crippen molar-refractivity contribution < 1.29 is 9.18 Å². The lowest BCUT2D eigenvalue weighted by atomic mass is 9.98. The van der Waals surface area contributed by atoms with Gasteiger partial charge in [0, 0.05) is 18.6 Å². The number of rotatable bonds is 2. The molecule has 1 aromatic rings. The molecule has 3 atom stereocenters. The summed E-state index contributed by atoms with van der Waals surface area (Å²) in [6, 6.07) is 7.07. The van der Waals surface area contributed by atoms with Crippen molar-refractivity contribution in [2.24, 2.45) is 0 Å². The summed E-state index contributed by atoms with van der Waals surface area (Å²) in [7, 11) is 0. The van der Waals surface area contributed by atoms with Crippen LogP contribution in [0.2, 0.25) is 0 Å². The van der Waals surface area contributed by atoms with Gasteiger partial charge in [0.1, 0.15) is 5.82 Å². The summed E-state index contributed by atoms with van der Waals surface area (Å²) in [5, 5.41) is 3.40. The third kappa shape index (κ3) is 2.44. The maximum atomic E-state index is 13.3. The zero-order valence-electron chi connectivity index (χ0n) is 11.8. The lowest BCUT2D eigenvalue weighted by Crippen LogP contribution is -2.44. The summed E-state index contributed by atoms with van der Waals surface area (Å²) in [5.41, 5.74) is 0.770. The summed E-state index contributed by atoms with van der Waals surface area (Å²) in [5.74, 6) is -0.402. The third-order valence-corrected chi connectivity index (χ3v) is 4.63. The molecule has 2 aliphatic rings. The Morgan fingerprint density at radius 3 is 2.95 bits per heavy atom. The maximum Gasteiger partial charge on any atom is 0.230 e. The molecule has 2 heterocycles. The predicted molar refractivity (Wildman–Crippen MR) is 76.0 cm³/mol. The van der Waals surface area contributed by atoms with E-state index in [0.717, 1.165) is 37.9 Å². The highest BCUT2D eigenvalue weighted by Gasteiger charge is 2.39. The number of carbonyl (C=O) groups is 1. The molecule has 20 heavy (non-hydrogen) atoms. The molecule has 0 spiro atoms. The second kappa shape index (κ2) is 5.52. The van der Waals surface area contributed by atoms with Crippen LogP contribution in [0.25, 0.3) is 0 Å². The van der Waals surface area contributed by atoms with Gasteiger partial charge in [-0.05, 0) is 50.4 Å². The van der Waals surface area contributed by atoms with E-state index < -0.39 is 0 Å². The maximum absolute atomic E-state index is 13.3. The van der Waals surface area contributed by atoms with Crippen LogP contribution in [0.15, 0.2) is 24.3 Å². The number of halogens is 1.